The van der Waals surface area contributed by atoms with Gasteiger partial charge in [-0.1, -0.05) is 24.3 Å². The lowest BCUT2D eigenvalue weighted by atomic mass is 10.0. The molecule has 0 saturated heterocycles. The second kappa shape index (κ2) is 3.01. The molecule has 0 nitrogen and oxygen atoms in total. The molecule has 14 heavy (non-hydrogen) atoms. The highest BCUT2D eigenvalue weighted by molar-refractivity contribution is 5.86. The Morgan fingerprint density at radius 2 is 1.36 bits per heavy atom. The van der Waals surface area contributed by atoms with Crippen LogP contribution in [0.3, 0.4) is 0 Å². The van der Waals surface area contributed by atoms with E-state index in [9.17, 15) is 13.2 Å². The summed E-state index contributed by atoms with van der Waals surface area (Å²) in [6.07, 6.45) is 0. The maximum absolute atomic E-state index is 13.2. The molecule has 0 fully saturated rings. The Balaban J connectivity index is 3.02. The van der Waals surface area contributed by atoms with Crippen molar-refractivity contribution in [3.8, 4) is 0 Å². The Bertz CT molecular complexity index is 457. The largest absolute Gasteiger partial charge is 0.203 e. The average molecular weight is 196 g/mol. The van der Waals surface area contributed by atoms with E-state index in [1.54, 1.807) is 18.2 Å². The minimum atomic E-state index is -1.40. The molecule has 0 amide bonds. The van der Waals surface area contributed by atoms with Gasteiger partial charge in [-0.15, -0.1) is 0 Å². The lowest BCUT2D eigenvalue weighted by Crippen LogP contribution is -1.96. The molecule has 2 aromatic rings. The standard InChI is InChI=1S/C11H7F3/c1-6-7-4-2-3-5-8(7)10(13)11(14)9(6)12/h2-5H,1H3. The summed E-state index contributed by atoms with van der Waals surface area (Å²) >= 11 is 0. The third-order valence-corrected chi connectivity index (χ3v) is 2.28. The molecule has 2 rings (SSSR count). The first-order valence-corrected chi connectivity index (χ1v) is 4.14. The normalized spacial score (nSPS) is 10.9. The maximum atomic E-state index is 13.2. The van der Waals surface area contributed by atoms with Gasteiger partial charge in [0.25, 0.3) is 0 Å². The van der Waals surface area contributed by atoms with Crippen LogP contribution in [0.5, 0.6) is 0 Å². The van der Waals surface area contributed by atoms with Crippen molar-refractivity contribution in [3.63, 3.8) is 0 Å². The van der Waals surface area contributed by atoms with Crippen LogP contribution in [-0.4, -0.2) is 0 Å². The van der Waals surface area contributed by atoms with Crippen LogP contribution >= 0.6 is 0 Å². The Kier molecular flexibility index (Phi) is 1.95. The molecule has 0 N–H and O–H groups in total. The van der Waals surface area contributed by atoms with Gasteiger partial charge in [-0.2, -0.15) is 0 Å². The van der Waals surface area contributed by atoms with Crippen LogP contribution in [0.2, 0.25) is 0 Å². The Hall–Kier alpha value is -1.51. The summed E-state index contributed by atoms with van der Waals surface area (Å²) in [7, 11) is 0. The topological polar surface area (TPSA) is 0 Å². The molecule has 0 bridgehead atoms. The van der Waals surface area contributed by atoms with Crippen molar-refractivity contribution < 1.29 is 13.2 Å². The van der Waals surface area contributed by atoms with E-state index < -0.39 is 17.5 Å². The minimum Gasteiger partial charge on any atom is -0.203 e. The fourth-order valence-corrected chi connectivity index (χ4v) is 1.50. The third kappa shape index (κ3) is 1.09. The fraction of sp³-hybridized carbons (Fsp3) is 0.0909. The van der Waals surface area contributed by atoms with Crippen LogP contribution in [0.4, 0.5) is 13.2 Å². The second-order valence-electron chi connectivity index (χ2n) is 3.11. The monoisotopic (exact) mass is 196 g/mol. The van der Waals surface area contributed by atoms with Crippen molar-refractivity contribution in [2.24, 2.45) is 0 Å². The van der Waals surface area contributed by atoms with E-state index in [2.05, 4.69) is 0 Å². The van der Waals surface area contributed by atoms with Crippen molar-refractivity contribution in [2.45, 2.75) is 6.92 Å². The summed E-state index contributed by atoms with van der Waals surface area (Å²) in [4.78, 5) is 0. The van der Waals surface area contributed by atoms with E-state index in [4.69, 9.17) is 0 Å². The van der Waals surface area contributed by atoms with Gasteiger partial charge in [0.05, 0.1) is 0 Å². The number of rotatable bonds is 0. The van der Waals surface area contributed by atoms with Crippen LogP contribution in [0, 0.1) is 24.4 Å². The zero-order valence-electron chi connectivity index (χ0n) is 7.44. The molecule has 3 heteroatoms. The van der Waals surface area contributed by atoms with Crippen molar-refractivity contribution >= 4 is 10.8 Å². The molecular formula is C11H7F3. The van der Waals surface area contributed by atoms with Gasteiger partial charge in [-0.05, 0) is 17.9 Å². The Morgan fingerprint density at radius 3 is 2.00 bits per heavy atom. The number of halogens is 3. The van der Waals surface area contributed by atoms with Crippen molar-refractivity contribution in [1.29, 1.82) is 0 Å². The van der Waals surface area contributed by atoms with Crippen LogP contribution in [0.15, 0.2) is 24.3 Å². The van der Waals surface area contributed by atoms with Gasteiger partial charge in [-0.3, -0.25) is 0 Å². The predicted octanol–water partition coefficient (Wildman–Crippen LogP) is 3.57. The van der Waals surface area contributed by atoms with Gasteiger partial charge in [0, 0.05) is 5.39 Å². The smallest absolute Gasteiger partial charge is 0.195 e. The molecule has 0 atom stereocenters. The Morgan fingerprint density at radius 1 is 0.786 bits per heavy atom. The maximum Gasteiger partial charge on any atom is 0.195 e. The molecular weight excluding hydrogens is 189 g/mol. The van der Waals surface area contributed by atoms with Crippen molar-refractivity contribution in [3.05, 3.63) is 47.3 Å². The first-order valence-electron chi connectivity index (χ1n) is 4.14. The second-order valence-corrected chi connectivity index (χ2v) is 3.11. The summed E-state index contributed by atoms with van der Waals surface area (Å²) < 4.78 is 39.3. The third-order valence-electron chi connectivity index (χ3n) is 2.28. The van der Waals surface area contributed by atoms with Gasteiger partial charge in [0.15, 0.2) is 17.5 Å². The lowest BCUT2D eigenvalue weighted by Gasteiger charge is -2.05. The van der Waals surface area contributed by atoms with E-state index in [0.29, 0.717) is 5.39 Å². The Labute approximate surface area is 79.0 Å². The molecule has 0 radical (unpaired) electrons. The zero-order chi connectivity index (χ0) is 10.3. The van der Waals surface area contributed by atoms with Gasteiger partial charge < -0.3 is 0 Å². The van der Waals surface area contributed by atoms with Gasteiger partial charge >= 0.3 is 0 Å². The number of benzene rings is 2. The molecule has 2 aromatic carbocycles. The number of hydrogen-bond donors (Lipinski definition) is 0. The van der Waals surface area contributed by atoms with Crippen LogP contribution in [0.25, 0.3) is 10.8 Å². The van der Waals surface area contributed by atoms with Crippen LogP contribution < -0.4 is 0 Å². The number of fused-ring (bicyclic) bond motifs is 1. The molecule has 72 valence electrons. The van der Waals surface area contributed by atoms with Crippen LogP contribution in [0.1, 0.15) is 5.56 Å². The summed E-state index contributed by atoms with van der Waals surface area (Å²) in [6, 6.07) is 6.24. The van der Waals surface area contributed by atoms with Crippen molar-refractivity contribution in [2.75, 3.05) is 0 Å². The quantitative estimate of drug-likeness (QED) is 0.565. The molecule has 0 unspecified atom stereocenters. The van der Waals surface area contributed by atoms with Crippen molar-refractivity contribution in [1.82, 2.24) is 0 Å². The highest BCUT2D eigenvalue weighted by atomic mass is 19.2. The average Bonchev–Trinajstić information content (AvgIpc) is 2.23. The lowest BCUT2D eigenvalue weighted by molar-refractivity contribution is 0.450. The minimum absolute atomic E-state index is 0.115. The molecule has 0 aliphatic carbocycles. The molecule has 0 saturated carbocycles. The van der Waals surface area contributed by atoms with E-state index in [1.165, 1.54) is 13.0 Å². The van der Waals surface area contributed by atoms with E-state index in [0.717, 1.165) is 0 Å². The number of hydrogen-bond acceptors (Lipinski definition) is 0. The first kappa shape index (κ1) is 9.06. The predicted molar refractivity (Wildman–Crippen MR) is 48.6 cm³/mol. The fourth-order valence-electron chi connectivity index (χ4n) is 1.50. The summed E-state index contributed by atoms with van der Waals surface area (Å²) in [5.74, 6) is -3.63. The van der Waals surface area contributed by atoms with Gasteiger partial charge in [0.2, 0.25) is 0 Å². The highest BCUT2D eigenvalue weighted by Crippen LogP contribution is 2.26. The summed E-state index contributed by atoms with van der Waals surface area (Å²) in [5.41, 5.74) is 0.138. The number of aryl methyl sites for hydroxylation is 1. The molecule has 0 aromatic heterocycles. The van der Waals surface area contributed by atoms with Gasteiger partial charge in [0.1, 0.15) is 0 Å². The van der Waals surface area contributed by atoms with Crippen LogP contribution in [-0.2, 0) is 0 Å². The van der Waals surface area contributed by atoms with E-state index in [1.807, 2.05) is 0 Å². The molecule has 0 aliphatic heterocycles. The van der Waals surface area contributed by atoms with E-state index in [-0.39, 0.29) is 10.9 Å². The first-order chi connectivity index (χ1) is 6.63. The molecule has 0 aliphatic rings. The van der Waals surface area contributed by atoms with E-state index >= 15 is 0 Å². The summed E-state index contributed by atoms with van der Waals surface area (Å²) in [6.45, 7) is 1.43. The molecule has 0 heterocycles. The zero-order valence-corrected chi connectivity index (χ0v) is 7.44. The molecule has 0 spiro atoms. The summed E-state index contributed by atoms with van der Waals surface area (Å²) in [5, 5.41) is 0.521. The highest BCUT2D eigenvalue weighted by Gasteiger charge is 2.16. The van der Waals surface area contributed by atoms with Gasteiger partial charge in [-0.25, -0.2) is 13.2 Å². The SMILES string of the molecule is Cc1c(F)c(F)c(F)c2ccccc12.